The van der Waals surface area contributed by atoms with Gasteiger partial charge in [-0.2, -0.15) is 0 Å². The highest BCUT2D eigenvalue weighted by atomic mass is 19.3. The first-order valence-electron chi connectivity index (χ1n) is 6.14. The number of nitro groups is 1. The SMILES string of the molecule is CCC(F)(F)c1cc([N+](=O)[O-])ccc1O[C@@H](C)C(=O)OC. The van der Waals surface area contributed by atoms with E-state index in [-0.39, 0.29) is 5.75 Å². The Hall–Kier alpha value is -2.25. The van der Waals surface area contributed by atoms with Gasteiger partial charge in [0.25, 0.3) is 11.6 Å². The molecule has 0 aliphatic rings. The van der Waals surface area contributed by atoms with E-state index in [9.17, 15) is 23.7 Å². The number of benzene rings is 1. The predicted molar refractivity (Wildman–Crippen MR) is 69.4 cm³/mol. The van der Waals surface area contributed by atoms with Crippen molar-refractivity contribution in [1.82, 2.24) is 0 Å². The molecule has 0 fully saturated rings. The zero-order valence-corrected chi connectivity index (χ0v) is 11.8. The van der Waals surface area contributed by atoms with E-state index in [4.69, 9.17) is 4.74 Å². The number of ether oxygens (including phenoxy) is 2. The normalized spacial score (nSPS) is 12.6. The summed E-state index contributed by atoms with van der Waals surface area (Å²) < 4.78 is 37.4. The maximum Gasteiger partial charge on any atom is 0.346 e. The van der Waals surface area contributed by atoms with Crippen LogP contribution in [0.4, 0.5) is 14.5 Å². The summed E-state index contributed by atoms with van der Waals surface area (Å²) in [5.41, 5.74) is -1.11. The first-order chi connectivity index (χ1) is 9.72. The van der Waals surface area contributed by atoms with Crippen molar-refractivity contribution in [2.75, 3.05) is 7.11 Å². The van der Waals surface area contributed by atoms with Crippen LogP contribution in [0, 0.1) is 10.1 Å². The summed E-state index contributed by atoms with van der Waals surface area (Å²) in [4.78, 5) is 21.2. The van der Waals surface area contributed by atoms with Gasteiger partial charge in [0.2, 0.25) is 0 Å². The number of non-ortho nitro benzene ring substituents is 1. The largest absolute Gasteiger partial charge is 0.479 e. The molecule has 0 heterocycles. The molecule has 0 saturated heterocycles. The van der Waals surface area contributed by atoms with Gasteiger partial charge in [0.15, 0.2) is 6.10 Å². The molecule has 0 amide bonds. The Morgan fingerprint density at radius 3 is 2.57 bits per heavy atom. The molecule has 0 aliphatic heterocycles. The van der Waals surface area contributed by atoms with Gasteiger partial charge in [-0.15, -0.1) is 0 Å². The van der Waals surface area contributed by atoms with Crippen LogP contribution < -0.4 is 4.74 Å². The minimum absolute atomic E-state index is 0.287. The van der Waals surface area contributed by atoms with Crippen LogP contribution in [0.25, 0.3) is 0 Å². The Morgan fingerprint density at radius 2 is 2.10 bits per heavy atom. The Balaban J connectivity index is 3.25. The van der Waals surface area contributed by atoms with Crippen LogP contribution in [0.3, 0.4) is 0 Å². The third-order valence-electron chi connectivity index (χ3n) is 2.85. The molecule has 21 heavy (non-hydrogen) atoms. The van der Waals surface area contributed by atoms with Crippen LogP contribution in [0.5, 0.6) is 5.75 Å². The monoisotopic (exact) mass is 303 g/mol. The van der Waals surface area contributed by atoms with Crippen molar-refractivity contribution >= 4 is 11.7 Å². The van der Waals surface area contributed by atoms with Gasteiger partial charge in [0.1, 0.15) is 5.75 Å². The van der Waals surface area contributed by atoms with E-state index < -0.39 is 40.6 Å². The molecule has 1 aromatic carbocycles. The molecule has 0 bridgehead atoms. The van der Waals surface area contributed by atoms with E-state index in [1.54, 1.807) is 0 Å². The number of methoxy groups -OCH3 is 1. The zero-order chi connectivity index (χ0) is 16.2. The van der Waals surface area contributed by atoms with Crippen molar-refractivity contribution in [1.29, 1.82) is 0 Å². The number of nitro benzene ring substituents is 1. The highest BCUT2D eigenvalue weighted by molar-refractivity contribution is 5.74. The second-order valence-corrected chi connectivity index (χ2v) is 4.28. The number of hydrogen-bond acceptors (Lipinski definition) is 5. The molecule has 0 radical (unpaired) electrons. The van der Waals surface area contributed by atoms with Gasteiger partial charge < -0.3 is 9.47 Å². The second-order valence-electron chi connectivity index (χ2n) is 4.28. The fourth-order valence-corrected chi connectivity index (χ4v) is 1.62. The van der Waals surface area contributed by atoms with Crippen LogP contribution in [-0.4, -0.2) is 24.1 Å². The van der Waals surface area contributed by atoms with Crippen LogP contribution in [-0.2, 0) is 15.5 Å². The van der Waals surface area contributed by atoms with Gasteiger partial charge in [-0.1, -0.05) is 6.92 Å². The molecular formula is C13H15F2NO5. The molecule has 0 N–H and O–H groups in total. The van der Waals surface area contributed by atoms with Crippen LogP contribution >= 0.6 is 0 Å². The number of esters is 1. The van der Waals surface area contributed by atoms with Gasteiger partial charge in [0, 0.05) is 18.6 Å². The first-order valence-corrected chi connectivity index (χ1v) is 6.14. The van der Waals surface area contributed by atoms with Crippen LogP contribution in [0.1, 0.15) is 25.8 Å². The topological polar surface area (TPSA) is 78.7 Å². The Bertz CT molecular complexity index is 547. The molecular weight excluding hydrogens is 288 g/mol. The summed E-state index contributed by atoms with van der Waals surface area (Å²) >= 11 is 0. The Kier molecular flexibility index (Phi) is 5.17. The molecule has 1 rings (SSSR count). The second kappa shape index (κ2) is 6.47. The lowest BCUT2D eigenvalue weighted by molar-refractivity contribution is -0.385. The highest BCUT2D eigenvalue weighted by Crippen LogP contribution is 2.39. The van der Waals surface area contributed by atoms with Gasteiger partial charge >= 0.3 is 5.97 Å². The molecule has 0 saturated carbocycles. The number of nitrogens with zero attached hydrogens (tertiary/aromatic N) is 1. The van der Waals surface area contributed by atoms with Gasteiger partial charge in [-0.05, 0) is 13.0 Å². The number of rotatable bonds is 6. The minimum Gasteiger partial charge on any atom is -0.479 e. The van der Waals surface area contributed by atoms with Crippen LogP contribution in [0.2, 0.25) is 0 Å². The number of carbonyl (C=O) groups is 1. The molecule has 1 aromatic rings. The summed E-state index contributed by atoms with van der Waals surface area (Å²) in [6, 6.07) is 2.84. The molecule has 1 atom stereocenters. The van der Waals surface area contributed by atoms with Gasteiger partial charge in [0.05, 0.1) is 17.6 Å². The number of carbonyl (C=O) groups excluding carboxylic acids is 1. The standard InChI is InChI=1S/C13H15F2NO5/c1-4-13(14,15)10-7-9(16(18)19)5-6-11(10)21-8(2)12(17)20-3/h5-8H,4H2,1-3H3/t8-/m0/s1. The average Bonchev–Trinajstić information content (AvgIpc) is 2.46. The van der Waals surface area contributed by atoms with Gasteiger partial charge in [-0.3, -0.25) is 10.1 Å². The van der Waals surface area contributed by atoms with E-state index in [2.05, 4.69) is 4.74 Å². The van der Waals surface area contributed by atoms with E-state index in [0.717, 1.165) is 25.3 Å². The fraction of sp³-hybridized carbons (Fsp3) is 0.462. The third-order valence-corrected chi connectivity index (χ3v) is 2.85. The molecule has 6 nitrogen and oxygen atoms in total. The molecule has 0 aliphatic carbocycles. The molecule has 0 unspecified atom stereocenters. The highest BCUT2D eigenvalue weighted by Gasteiger charge is 2.35. The molecule has 0 spiro atoms. The smallest absolute Gasteiger partial charge is 0.346 e. The van der Waals surface area contributed by atoms with Crippen molar-refractivity contribution < 1.29 is 28.0 Å². The van der Waals surface area contributed by atoms with Crippen molar-refractivity contribution in [3.05, 3.63) is 33.9 Å². The first kappa shape index (κ1) is 16.8. The van der Waals surface area contributed by atoms with Crippen molar-refractivity contribution in [3.63, 3.8) is 0 Å². The summed E-state index contributed by atoms with van der Waals surface area (Å²) in [5, 5.41) is 10.7. The zero-order valence-electron chi connectivity index (χ0n) is 11.8. The van der Waals surface area contributed by atoms with E-state index >= 15 is 0 Å². The maximum absolute atomic E-state index is 13.9. The van der Waals surface area contributed by atoms with Gasteiger partial charge in [-0.25, -0.2) is 13.6 Å². The minimum atomic E-state index is -3.31. The molecule has 8 heteroatoms. The fourth-order valence-electron chi connectivity index (χ4n) is 1.62. The molecule has 0 aromatic heterocycles. The lowest BCUT2D eigenvalue weighted by Gasteiger charge is -2.20. The van der Waals surface area contributed by atoms with E-state index in [0.29, 0.717) is 0 Å². The summed E-state index contributed by atoms with van der Waals surface area (Å²) in [7, 11) is 1.14. The molecule has 116 valence electrons. The number of halogens is 2. The van der Waals surface area contributed by atoms with Crippen molar-refractivity contribution in [2.24, 2.45) is 0 Å². The number of hydrogen-bond donors (Lipinski definition) is 0. The average molecular weight is 303 g/mol. The summed E-state index contributed by atoms with van der Waals surface area (Å²) in [5.74, 6) is -4.33. The summed E-state index contributed by atoms with van der Waals surface area (Å²) in [6.45, 7) is 2.58. The number of alkyl halides is 2. The van der Waals surface area contributed by atoms with Crippen molar-refractivity contribution in [2.45, 2.75) is 32.3 Å². The van der Waals surface area contributed by atoms with Crippen molar-refractivity contribution in [3.8, 4) is 5.75 Å². The lowest BCUT2D eigenvalue weighted by Crippen LogP contribution is -2.26. The van der Waals surface area contributed by atoms with Crippen LogP contribution in [0.15, 0.2) is 18.2 Å². The van der Waals surface area contributed by atoms with E-state index in [1.165, 1.54) is 13.8 Å². The predicted octanol–water partition coefficient (Wildman–Crippen LogP) is 3.04. The lowest BCUT2D eigenvalue weighted by atomic mass is 10.0. The Labute approximate surface area is 119 Å². The maximum atomic E-state index is 13.9. The summed E-state index contributed by atoms with van der Waals surface area (Å²) in [6.07, 6.45) is -1.67. The quantitative estimate of drug-likeness (QED) is 0.458. The Morgan fingerprint density at radius 1 is 1.48 bits per heavy atom. The van der Waals surface area contributed by atoms with E-state index in [1.807, 2.05) is 0 Å². The third kappa shape index (κ3) is 3.87.